The maximum Gasteiger partial charge on any atom is 0.163 e. The highest BCUT2D eigenvalue weighted by molar-refractivity contribution is 6.31. The molecule has 168 valence electrons. The minimum atomic E-state index is -0.457. The molecule has 1 aliphatic heterocycles. The van der Waals surface area contributed by atoms with E-state index in [0.717, 1.165) is 55.4 Å². The summed E-state index contributed by atoms with van der Waals surface area (Å²) in [5, 5.41) is 4.29. The zero-order chi connectivity index (χ0) is 22.6. The average molecular weight is 463 g/mol. The highest BCUT2D eigenvalue weighted by atomic mass is 35.5. The maximum atomic E-state index is 13.7. The second-order valence-corrected chi connectivity index (χ2v) is 8.74. The van der Waals surface area contributed by atoms with Gasteiger partial charge >= 0.3 is 0 Å². The Morgan fingerprint density at radius 3 is 2.73 bits per heavy atom. The standard InChI is InChI=1S/C26H24ClFN4O/c27-22-15-20(6-7-23(22)28)30-26-21-14-18(4-3-17-9-12-33-13-10-17)5-8-24(21)31-25(32-26)19-2-1-11-29-16-19/h1-2,5-8,11,14-17H,3-4,9-10,12-13H2,(H,30,31,32). The molecule has 0 atom stereocenters. The van der Waals surface area contributed by atoms with Gasteiger partial charge in [0, 0.05) is 42.2 Å². The van der Waals surface area contributed by atoms with E-state index in [9.17, 15) is 4.39 Å². The first-order valence-corrected chi connectivity index (χ1v) is 11.5. The van der Waals surface area contributed by atoms with E-state index >= 15 is 0 Å². The Hall–Kier alpha value is -3.09. The highest BCUT2D eigenvalue weighted by Crippen LogP contribution is 2.30. The van der Waals surface area contributed by atoms with Crippen LogP contribution in [0.3, 0.4) is 0 Å². The topological polar surface area (TPSA) is 59.9 Å². The van der Waals surface area contributed by atoms with Crippen LogP contribution < -0.4 is 5.32 Å². The number of hydrogen-bond acceptors (Lipinski definition) is 5. The lowest BCUT2D eigenvalue weighted by molar-refractivity contribution is 0.0640. The molecule has 1 fully saturated rings. The van der Waals surface area contributed by atoms with E-state index in [1.54, 1.807) is 24.5 Å². The molecule has 5 nitrogen and oxygen atoms in total. The van der Waals surface area contributed by atoms with E-state index in [2.05, 4.69) is 22.4 Å². The van der Waals surface area contributed by atoms with Gasteiger partial charge in [-0.2, -0.15) is 0 Å². The fourth-order valence-electron chi connectivity index (χ4n) is 4.17. The van der Waals surface area contributed by atoms with Crippen molar-refractivity contribution in [3.8, 4) is 11.4 Å². The number of fused-ring (bicyclic) bond motifs is 1. The van der Waals surface area contributed by atoms with Crippen LogP contribution in [0.2, 0.25) is 5.02 Å². The van der Waals surface area contributed by atoms with Crippen molar-refractivity contribution in [1.29, 1.82) is 0 Å². The van der Waals surface area contributed by atoms with Crippen molar-refractivity contribution < 1.29 is 9.13 Å². The first-order chi connectivity index (χ1) is 16.2. The molecule has 1 saturated heterocycles. The van der Waals surface area contributed by atoms with Crippen molar-refractivity contribution >= 4 is 34.0 Å². The van der Waals surface area contributed by atoms with Gasteiger partial charge in [-0.15, -0.1) is 0 Å². The summed E-state index contributed by atoms with van der Waals surface area (Å²) in [5.74, 6) is 1.47. The number of rotatable bonds is 6. The van der Waals surface area contributed by atoms with E-state index in [1.807, 2.05) is 18.2 Å². The normalized spacial score (nSPS) is 14.5. The summed E-state index contributed by atoms with van der Waals surface area (Å²) >= 11 is 6.00. The van der Waals surface area contributed by atoms with Crippen molar-refractivity contribution in [2.75, 3.05) is 18.5 Å². The molecule has 0 bridgehead atoms. The van der Waals surface area contributed by atoms with Crippen molar-refractivity contribution in [3.63, 3.8) is 0 Å². The number of anilines is 2. The number of aryl methyl sites for hydroxylation is 1. The van der Waals surface area contributed by atoms with Gasteiger partial charge in [-0.25, -0.2) is 14.4 Å². The molecule has 0 spiro atoms. The van der Waals surface area contributed by atoms with Gasteiger partial charge in [0.25, 0.3) is 0 Å². The minimum absolute atomic E-state index is 0.0583. The zero-order valence-corrected chi connectivity index (χ0v) is 18.9. The lowest BCUT2D eigenvalue weighted by atomic mass is 9.92. The zero-order valence-electron chi connectivity index (χ0n) is 18.1. The monoisotopic (exact) mass is 462 g/mol. The van der Waals surface area contributed by atoms with Crippen molar-refractivity contribution in [2.45, 2.75) is 25.7 Å². The molecular weight excluding hydrogens is 439 g/mol. The molecule has 2 aromatic carbocycles. The molecule has 1 N–H and O–H groups in total. The number of pyridine rings is 1. The van der Waals surface area contributed by atoms with Crippen LogP contribution in [0.5, 0.6) is 0 Å². The lowest BCUT2D eigenvalue weighted by Crippen LogP contribution is -2.16. The van der Waals surface area contributed by atoms with Gasteiger partial charge in [0.05, 0.1) is 10.5 Å². The third kappa shape index (κ3) is 5.13. The molecule has 2 aromatic heterocycles. The van der Waals surface area contributed by atoms with E-state index < -0.39 is 5.82 Å². The number of benzene rings is 2. The Labute approximate surface area is 197 Å². The van der Waals surface area contributed by atoms with Crippen LogP contribution in [0.1, 0.15) is 24.8 Å². The van der Waals surface area contributed by atoms with Crippen LogP contribution in [0.4, 0.5) is 15.9 Å². The van der Waals surface area contributed by atoms with Gasteiger partial charge in [-0.1, -0.05) is 17.7 Å². The van der Waals surface area contributed by atoms with E-state index in [-0.39, 0.29) is 5.02 Å². The lowest BCUT2D eigenvalue weighted by Gasteiger charge is -2.21. The fraction of sp³-hybridized carbons (Fsp3) is 0.269. The molecule has 0 radical (unpaired) electrons. The van der Waals surface area contributed by atoms with Crippen LogP contribution in [-0.4, -0.2) is 28.2 Å². The predicted molar refractivity (Wildman–Crippen MR) is 129 cm³/mol. The first-order valence-electron chi connectivity index (χ1n) is 11.2. The Balaban J connectivity index is 1.51. The average Bonchev–Trinajstić information content (AvgIpc) is 2.86. The first kappa shape index (κ1) is 21.7. The SMILES string of the molecule is Fc1ccc(Nc2nc(-c3cccnc3)nc3ccc(CCC4CCOCC4)cc23)cc1Cl. The van der Waals surface area contributed by atoms with Gasteiger partial charge < -0.3 is 10.1 Å². The summed E-state index contributed by atoms with van der Waals surface area (Å²) in [5.41, 5.74) is 3.55. The predicted octanol–water partition coefficient (Wildman–Crippen LogP) is 6.59. The molecule has 3 heterocycles. The van der Waals surface area contributed by atoms with E-state index in [1.165, 1.54) is 11.6 Å². The Bertz CT molecular complexity index is 1260. The van der Waals surface area contributed by atoms with E-state index in [4.69, 9.17) is 26.3 Å². The third-order valence-electron chi connectivity index (χ3n) is 6.04. The number of hydrogen-bond donors (Lipinski definition) is 1. The summed E-state index contributed by atoms with van der Waals surface area (Å²) in [7, 11) is 0. The summed E-state index contributed by atoms with van der Waals surface area (Å²) in [6, 6.07) is 14.7. The smallest absolute Gasteiger partial charge is 0.163 e. The molecule has 5 rings (SSSR count). The number of nitrogens with one attached hydrogen (secondary N) is 1. The number of halogens is 2. The van der Waals surface area contributed by atoms with Gasteiger partial charge in [0.1, 0.15) is 11.6 Å². The Morgan fingerprint density at radius 2 is 1.94 bits per heavy atom. The number of nitrogens with zero attached hydrogens (tertiary/aromatic N) is 3. The Kier molecular flexibility index (Phi) is 6.46. The molecule has 1 aliphatic rings. The summed E-state index contributed by atoms with van der Waals surface area (Å²) in [4.78, 5) is 13.8. The summed E-state index contributed by atoms with van der Waals surface area (Å²) < 4.78 is 19.1. The quantitative estimate of drug-likeness (QED) is 0.350. The molecule has 0 amide bonds. The van der Waals surface area contributed by atoms with Gasteiger partial charge in [0.2, 0.25) is 0 Å². The molecule has 7 heteroatoms. The summed E-state index contributed by atoms with van der Waals surface area (Å²) in [6.07, 6.45) is 7.84. The summed E-state index contributed by atoms with van der Waals surface area (Å²) in [6.45, 7) is 1.73. The molecule has 4 aromatic rings. The molecule has 0 aliphatic carbocycles. The van der Waals surface area contributed by atoms with Crippen LogP contribution in [0.15, 0.2) is 60.9 Å². The Morgan fingerprint density at radius 1 is 1.06 bits per heavy atom. The molecular formula is C26H24ClFN4O. The third-order valence-corrected chi connectivity index (χ3v) is 6.33. The van der Waals surface area contributed by atoms with Crippen molar-refractivity contribution in [3.05, 3.63) is 77.3 Å². The van der Waals surface area contributed by atoms with Crippen LogP contribution in [-0.2, 0) is 11.2 Å². The van der Waals surface area contributed by atoms with Crippen LogP contribution in [0, 0.1) is 11.7 Å². The van der Waals surface area contributed by atoms with Crippen molar-refractivity contribution in [1.82, 2.24) is 15.0 Å². The van der Waals surface area contributed by atoms with Gasteiger partial charge in [-0.05, 0) is 79.6 Å². The molecule has 33 heavy (non-hydrogen) atoms. The van der Waals surface area contributed by atoms with Gasteiger partial charge in [0.15, 0.2) is 5.82 Å². The maximum absolute atomic E-state index is 13.7. The van der Waals surface area contributed by atoms with Crippen LogP contribution >= 0.6 is 11.6 Å². The van der Waals surface area contributed by atoms with Crippen molar-refractivity contribution in [2.24, 2.45) is 5.92 Å². The molecule has 0 unspecified atom stereocenters. The number of aromatic nitrogens is 3. The molecule has 0 saturated carbocycles. The second-order valence-electron chi connectivity index (χ2n) is 8.34. The van der Waals surface area contributed by atoms with Gasteiger partial charge in [-0.3, -0.25) is 4.98 Å². The fourth-order valence-corrected chi connectivity index (χ4v) is 4.35. The van der Waals surface area contributed by atoms with E-state index in [0.29, 0.717) is 23.2 Å². The minimum Gasteiger partial charge on any atom is -0.381 e. The van der Waals surface area contributed by atoms with Crippen LogP contribution in [0.25, 0.3) is 22.3 Å². The second kappa shape index (κ2) is 9.81. The largest absolute Gasteiger partial charge is 0.381 e. The highest BCUT2D eigenvalue weighted by Gasteiger charge is 2.15. The number of ether oxygens (including phenoxy) is 1.